The molecular weight excluding hydrogens is 384 g/mol. The quantitative estimate of drug-likeness (QED) is 0.666. The molecule has 2 aliphatic rings. The molecule has 5 rings (SSSR count). The third-order valence-corrected chi connectivity index (χ3v) is 5.42. The van der Waals surface area contributed by atoms with E-state index in [0.717, 1.165) is 11.3 Å². The lowest BCUT2D eigenvalue weighted by Crippen LogP contribution is -2.48. The summed E-state index contributed by atoms with van der Waals surface area (Å²) >= 11 is 0. The second kappa shape index (κ2) is 8.21. The molecule has 3 aromatic rings. The fourth-order valence-electron chi connectivity index (χ4n) is 3.90. The number of ether oxygens (including phenoxy) is 2. The van der Waals surface area contributed by atoms with Gasteiger partial charge in [0.15, 0.2) is 0 Å². The zero-order valence-electron chi connectivity index (χ0n) is 16.2. The Bertz CT molecular complexity index is 996. The lowest BCUT2D eigenvalue weighted by atomic mass is 10.1. The summed E-state index contributed by atoms with van der Waals surface area (Å²) in [6.07, 6.45) is 3.17. The molecule has 2 N–H and O–H groups in total. The van der Waals surface area contributed by atoms with Crippen molar-refractivity contribution < 1.29 is 14.3 Å². The van der Waals surface area contributed by atoms with E-state index in [4.69, 9.17) is 9.47 Å². The van der Waals surface area contributed by atoms with Crippen LogP contribution in [0.4, 0.5) is 4.79 Å². The zero-order valence-corrected chi connectivity index (χ0v) is 16.2. The summed E-state index contributed by atoms with van der Waals surface area (Å²) in [5.41, 5.74) is 2.51. The van der Waals surface area contributed by atoms with Gasteiger partial charge in [-0.25, -0.2) is 9.48 Å². The third-order valence-electron chi connectivity index (χ3n) is 5.42. The first-order valence-corrected chi connectivity index (χ1v) is 9.93. The van der Waals surface area contributed by atoms with Crippen molar-refractivity contribution >= 4 is 6.03 Å². The van der Waals surface area contributed by atoms with Gasteiger partial charge in [-0.05, 0) is 17.7 Å². The number of nitrogens with one attached hydrogen (secondary N) is 2. The number of rotatable bonds is 5. The highest BCUT2D eigenvalue weighted by Crippen LogP contribution is 2.34. The van der Waals surface area contributed by atoms with E-state index in [9.17, 15) is 4.79 Å². The molecule has 1 aromatic carbocycles. The van der Waals surface area contributed by atoms with E-state index in [-0.39, 0.29) is 30.3 Å². The van der Waals surface area contributed by atoms with Crippen LogP contribution in [-0.4, -0.2) is 57.5 Å². The number of urea groups is 1. The number of carbonyl (C=O) groups excluding carboxylic acids is 1. The van der Waals surface area contributed by atoms with Gasteiger partial charge in [0, 0.05) is 12.7 Å². The fraction of sp³-hybridized carbons (Fsp3) is 0.333. The van der Waals surface area contributed by atoms with Gasteiger partial charge in [-0.3, -0.25) is 4.98 Å². The number of hydrogen-bond donors (Lipinski definition) is 2. The average Bonchev–Trinajstić information content (AvgIpc) is 3.51. The first-order valence-electron chi connectivity index (χ1n) is 9.93. The highest BCUT2D eigenvalue weighted by atomic mass is 16.6. The summed E-state index contributed by atoms with van der Waals surface area (Å²) in [6.45, 7) is 1.31. The van der Waals surface area contributed by atoms with E-state index >= 15 is 0 Å². The molecule has 30 heavy (non-hydrogen) atoms. The Balaban J connectivity index is 1.19. The van der Waals surface area contributed by atoms with Crippen LogP contribution < -0.4 is 10.6 Å². The van der Waals surface area contributed by atoms with Crippen LogP contribution in [0.25, 0.3) is 11.4 Å². The van der Waals surface area contributed by atoms with Crippen molar-refractivity contribution in [3.05, 3.63) is 66.5 Å². The molecule has 0 aliphatic carbocycles. The summed E-state index contributed by atoms with van der Waals surface area (Å²) in [6, 6.07) is 14.9. The van der Waals surface area contributed by atoms with Crippen molar-refractivity contribution in [1.82, 2.24) is 30.6 Å². The summed E-state index contributed by atoms with van der Waals surface area (Å²) in [4.78, 5) is 16.6. The number of fused-ring (bicyclic) bond motifs is 1. The minimum Gasteiger partial charge on any atom is -0.371 e. The van der Waals surface area contributed by atoms with Crippen molar-refractivity contribution in [1.29, 1.82) is 0 Å². The van der Waals surface area contributed by atoms with Crippen molar-refractivity contribution in [2.45, 2.75) is 30.8 Å². The lowest BCUT2D eigenvalue weighted by molar-refractivity contribution is 0.0622. The molecule has 2 fully saturated rings. The molecule has 2 aromatic heterocycles. The molecule has 2 saturated heterocycles. The lowest BCUT2D eigenvalue weighted by Gasteiger charge is -2.18. The van der Waals surface area contributed by atoms with E-state index in [2.05, 4.69) is 25.9 Å². The Hall–Kier alpha value is -3.30. The maximum Gasteiger partial charge on any atom is 0.315 e. The molecule has 9 nitrogen and oxygen atoms in total. The highest BCUT2D eigenvalue weighted by Gasteiger charge is 2.49. The van der Waals surface area contributed by atoms with Gasteiger partial charge in [-0.15, -0.1) is 5.10 Å². The summed E-state index contributed by atoms with van der Waals surface area (Å²) in [7, 11) is 0. The van der Waals surface area contributed by atoms with Crippen molar-refractivity contribution in [2.24, 2.45) is 0 Å². The predicted octanol–water partition coefficient (Wildman–Crippen LogP) is 1.55. The SMILES string of the molecule is O=C(NCc1ccccc1)N[C@@H]1CO[C@@H]2[C@@H]1OC[C@@H]2n1cc(-c2ccccn2)nn1. The van der Waals surface area contributed by atoms with E-state index in [0.29, 0.717) is 25.5 Å². The van der Waals surface area contributed by atoms with Crippen LogP contribution in [0.3, 0.4) is 0 Å². The van der Waals surface area contributed by atoms with Crippen molar-refractivity contribution in [3.8, 4) is 11.4 Å². The summed E-state index contributed by atoms with van der Waals surface area (Å²) < 4.78 is 13.7. The Morgan fingerprint density at radius 3 is 2.70 bits per heavy atom. The predicted molar refractivity (Wildman–Crippen MR) is 107 cm³/mol. The normalized spacial score (nSPS) is 25.1. The Kier molecular flexibility index (Phi) is 5.12. The van der Waals surface area contributed by atoms with Gasteiger partial charge in [0.1, 0.15) is 23.9 Å². The topological polar surface area (TPSA) is 103 Å². The van der Waals surface area contributed by atoms with Gasteiger partial charge < -0.3 is 20.1 Å². The fourth-order valence-corrected chi connectivity index (χ4v) is 3.90. The van der Waals surface area contributed by atoms with Crippen LogP contribution in [0.15, 0.2) is 60.9 Å². The minimum absolute atomic E-state index is 0.0980. The maximum absolute atomic E-state index is 12.3. The average molecular weight is 406 g/mol. The molecule has 154 valence electrons. The summed E-state index contributed by atoms with van der Waals surface area (Å²) in [5.74, 6) is 0. The number of aromatic nitrogens is 4. The number of hydrogen-bond acceptors (Lipinski definition) is 6. The van der Waals surface area contributed by atoms with Crippen LogP contribution >= 0.6 is 0 Å². The van der Waals surface area contributed by atoms with E-state index in [1.54, 1.807) is 10.9 Å². The first kappa shape index (κ1) is 18.7. The molecule has 0 bridgehead atoms. The number of carbonyl (C=O) groups is 1. The molecular formula is C21H22N6O3. The van der Waals surface area contributed by atoms with Crippen LogP contribution in [0, 0.1) is 0 Å². The van der Waals surface area contributed by atoms with Gasteiger partial charge in [-0.2, -0.15) is 0 Å². The molecule has 0 radical (unpaired) electrons. The Morgan fingerprint density at radius 1 is 1.03 bits per heavy atom. The van der Waals surface area contributed by atoms with Crippen molar-refractivity contribution in [2.75, 3.05) is 13.2 Å². The molecule has 2 aliphatic heterocycles. The van der Waals surface area contributed by atoms with Crippen LogP contribution in [0.1, 0.15) is 11.6 Å². The number of amides is 2. The molecule has 0 unspecified atom stereocenters. The number of nitrogens with zero attached hydrogens (tertiary/aromatic N) is 4. The minimum atomic E-state index is -0.238. The molecule has 2 amide bonds. The van der Waals surface area contributed by atoms with Gasteiger partial charge in [0.05, 0.1) is 31.1 Å². The van der Waals surface area contributed by atoms with Crippen LogP contribution in [0.2, 0.25) is 0 Å². The maximum atomic E-state index is 12.3. The van der Waals surface area contributed by atoms with Crippen LogP contribution in [0.5, 0.6) is 0 Å². The smallest absolute Gasteiger partial charge is 0.315 e. The number of benzene rings is 1. The zero-order chi connectivity index (χ0) is 20.3. The van der Waals surface area contributed by atoms with E-state index < -0.39 is 0 Å². The molecule has 0 saturated carbocycles. The second-order valence-corrected chi connectivity index (χ2v) is 7.38. The Labute approximate surface area is 173 Å². The second-order valence-electron chi connectivity index (χ2n) is 7.38. The molecule has 0 spiro atoms. The Morgan fingerprint density at radius 2 is 1.87 bits per heavy atom. The molecule has 9 heteroatoms. The van der Waals surface area contributed by atoms with Gasteiger partial charge in [-0.1, -0.05) is 41.6 Å². The van der Waals surface area contributed by atoms with E-state index in [1.165, 1.54) is 0 Å². The van der Waals surface area contributed by atoms with E-state index in [1.807, 2.05) is 54.7 Å². The summed E-state index contributed by atoms with van der Waals surface area (Å²) in [5, 5.41) is 14.3. The first-order chi connectivity index (χ1) is 14.8. The largest absolute Gasteiger partial charge is 0.371 e. The monoisotopic (exact) mass is 406 g/mol. The highest BCUT2D eigenvalue weighted by molar-refractivity contribution is 5.74. The van der Waals surface area contributed by atoms with Gasteiger partial charge in [0.2, 0.25) is 0 Å². The van der Waals surface area contributed by atoms with Gasteiger partial charge in [0.25, 0.3) is 0 Å². The standard InChI is InChI=1S/C21H22N6O3/c28-21(23-10-14-6-2-1-3-7-14)24-17-12-29-20-18(13-30-19(17)20)27-11-16(25-26-27)15-8-4-5-9-22-15/h1-9,11,17-20H,10,12-13H2,(H2,23,24,28)/t17-,18+,19-,20+/m1/s1. The van der Waals surface area contributed by atoms with Crippen LogP contribution in [-0.2, 0) is 16.0 Å². The number of pyridine rings is 1. The third kappa shape index (κ3) is 3.77. The molecule has 4 heterocycles. The van der Waals surface area contributed by atoms with Gasteiger partial charge >= 0.3 is 6.03 Å². The van der Waals surface area contributed by atoms with Crippen molar-refractivity contribution in [3.63, 3.8) is 0 Å². The molecule has 4 atom stereocenters.